The van der Waals surface area contributed by atoms with E-state index >= 15 is 0 Å². The second-order valence-electron chi connectivity index (χ2n) is 2.85. The number of rotatable bonds is 4. The average molecular weight is 235 g/mol. The van der Waals surface area contributed by atoms with Crippen LogP contribution in [0.25, 0.3) is 0 Å². The van der Waals surface area contributed by atoms with Gasteiger partial charge in [-0.15, -0.1) is 13.2 Å². The molecular formula is C9H8F3NO3. The van der Waals surface area contributed by atoms with Gasteiger partial charge in [-0.1, -0.05) is 30.3 Å². The molecule has 0 aliphatic carbocycles. The second-order valence-corrected chi connectivity index (χ2v) is 2.85. The maximum atomic E-state index is 11.7. The number of hydroxylamine groups is 1. The number of benzene rings is 1. The lowest BCUT2D eigenvalue weighted by Crippen LogP contribution is -2.33. The molecule has 0 amide bonds. The summed E-state index contributed by atoms with van der Waals surface area (Å²) >= 11 is 0. The molecule has 1 aromatic carbocycles. The summed E-state index contributed by atoms with van der Waals surface area (Å²) in [5, 5.41) is 8.71. The molecule has 0 bridgehead atoms. The Morgan fingerprint density at radius 1 is 1.31 bits per heavy atom. The highest BCUT2D eigenvalue weighted by molar-refractivity contribution is 5.75. The van der Waals surface area contributed by atoms with Crippen molar-refractivity contribution in [3.63, 3.8) is 0 Å². The van der Waals surface area contributed by atoms with Crippen molar-refractivity contribution < 1.29 is 27.9 Å². The van der Waals surface area contributed by atoms with Gasteiger partial charge >= 0.3 is 12.3 Å². The van der Waals surface area contributed by atoms with Crippen LogP contribution in [0.2, 0.25) is 0 Å². The largest absolute Gasteiger partial charge is 0.539 e. The zero-order chi connectivity index (χ0) is 12.2. The molecule has 1 atom stereocenters. The van der Waals surface area contributed by atoms with Gasteiger partial charge in [0, 0.05) is 0 Å². The Morgan fingerprint density at radius 3 is 2.31 bits per heavy atom. The van der Waals surface area contributed by atoms with Crippen LogP contribution in [0, 0.1) is 0 Å². The van der Waals surface area contributed by atoms with Gasteiger partial charge in [0.25, 0.3) is 0 Å². The summed E-state index contributed by atoms with van der Waals surface area (Å²) < 4.78 is 35.2. The number of alkyl halides is 3. The molecule has 0 heterocycles. The molecule has 1 rings (SSSR count). The van der Waals surface area contributed by atoms with Crippen LogP contribution in [-0.4, -0.2) is 17.4 Å². The number of hydrogen-bond acceptors (Lipinski definition) is 3. The highest BCUT2D eigenvalue weighted by Crippen LogP contribution is 2.18. The molecule has 0 aromatic heterocycles. The molecule has 0 saturated heterocycles. The Kier molecular flexibility index (Phi) is 3.86. The minimum atomic E-state index is -4.93. The van der Waals surface area contributed by atoms with Crippen molar-refractivity contribution in [2.75, 3.05) is 0 Å². The van der Waals surface area contributed by atoms with Crippen molar-refractivity contribution in [1.82, 2.24) is 5.48 Å². The van der Waals surface area contributed by atoms with Gasteiger partial charge in [0.15, 0.2) is 6.04 Å². The van der Waals surface area contributed by atoms with Gasteiger partial charge in [-0.05, 0) is 5.56 Å². The van der Waals surface area contributed by atoms with E-state index in [2.05, 4.69) is 4.84 Å². The molecule has 2 N–H and O–H groups in total. The topological polar surface area (TPSA) is 58.6 Å². The van der Waals surface area contributed by atoms with Gasteiger partial charge in [0.2, 0.25) is 0 Å². The molecule has 0 aliphatic heterocycles. The lowest BCUT2D eigenvalue weighted by Gasteiger charge is -2.15. The van der Waals surface area contributed by atoms with Crippen molar-refractivity contribution in [3.8, 4) is 0 Å². The summed E-state index contributed by atoms with van der Waals surface area (Å²) in [6, 6.07) is 5.84. The fourth-order valence-corrected chi connectivity index (χ4v) is 1.03. The van der Waals surface area contributed by atoms with E-state index in [0.717, 1.165) is 0 Å². The highest BCUT2D eigenvalue weighted by Gasteiger charge is 2.33. The van der Waals surface area contributed by atoms with E-state index in [0.29, 0.717) is 0 Å². The van der Waals surface area contributed by atoms with Crippen LogP contribution in [0.1, 0.15) is 11.6 Å². The second kappa shape index (κ2) is 4.95. The van der Waals surface area contributed by atoms with Crippen molar-refractivity contribution in [2.45, 2.75) is 12.4 Å². The molecule has 1 aromatic rings. The zero-order valence-corrected chi connectivity index (χ0v) is 7.86. The Hall–Kier alpha value is -1.60. The maximum Gasteiger partial charge on any atom is 0.539 e. The molecular weight excluding hydrogens is 227 g/mol. The van der Waals surface area contributed by atoms with E-state index in [1.165, 1.54) is 29.7 Å². The predicted octanol–water partition coefficient (Wildman–Crippen LogP) is 1.85. The molecule has 0 fully saturated rings. The van der Waals surface area contributed by atoms with Crippen LogP contribution in [0.5, 0.6) is 0 Å². The number of hydrogen-bond donors (Lipinski definition) is 2. The van der Waals surface area contributed by atoms with E-state index in [1.807, 2.05) is 0 Å². The van der Waals surface area contributed by atoms with Gasteiger partial charge < -0.3 is 5.11 Å². The average Bonchev–Trinajstić information content (AvgIpc) is 2.17. The summed E-state index contributed by atoms with van der Waals surface area (Å²) in [6.45, 7) is 0. The van der Waals surface area contributed by atoms with Crippen molar-refractivity contribution >= 4 is 5.97 Å². The summed E-state index contributed by atoms with van der Waals surface area (Å²) in [4.78, 5) is 14.0. The third kappa shape index (κ3) is 3.87. The fourth-order valence-electron chi connectivity index (χ4n) is 1.03. The third-order valence-electron chi connectivity index (χ3n) is 1.67. The number of carboxylic acid groups (broad SMARTS) is 1. The smallest absolute Gasteiger partial charge is 0.480 e. The molecule has 0 spiro atoms. The SMILES string of the molecule is O=C(O)C(NOC(F)(F)F)c1ccccc1. The summed E-state index contributed by atoms with van der Waals surface area (Å²) in [5.41, 5.74) is 1.62. The highest BCUT2D eigenvalue weighted by atomic mass is 19.4. The number of carboxylic acids is 1. The minimum absolute atomic E-state index is 0.166. The van der Waals surface area contributed by atoms with Gasteiger partial charge in [0.05, 0.1) is 0 Å². The quantitative estimate of drug-likeness (QED) is 0.782. The van der Waals surface area contributed by atoms with Gasteiger partial charge in [-0.25, -0.2) is 4.84 Å². The molecule has 16 heavy (non-hydrogen) atoms. The Balaban J connectivity index is 2.74. The van der Waals surface area contributed by atoms with Crippen molar-refractivity contribution in [3.05, 3.63) is 35.9 Å². The number of nitrogens with one attached hydrogen (secondary N) is 1. The first kappa shape index (κ1) is 12.5. The Labute approximate surface area is 88.6 Å². The normalized spacial score (nSPS) is 13.4. The van der Waals surface area contributed by atoms with E-state index in [4.69, 9.17) is 5.11 Å². The van der Waals surface area contributed by atoms with Crippen LogP contribution in [0.3, 0.4) is 0 Å². The summed E-state index contributed by atoms with van der Waals surface area (Å²) in [5.74, 6) is -1.46. The lowest BCUT2D eigenvalue weighted by molar-refractivity contribution is -0.354. The van der Waals surface area contributed by atoms with Crippen LogP contribution >= 0.6 is 0 Å². The minimum Gasteiger partial charge on any atom is -0.480 e. The Morgan fingerprint density at radius 2 is 1.88 bits per heavy atom. The molecule has 0 radical (unpaired) electrons. The van der Waals surface area contributed by atoms with Crippen LogP contribution in [0.4, 0.5) is 13.2 Å². The van der Waals surface area contributed by atoms with Crippen molar-refractivity contribution in [1.29, 1.82) is 0 Å². The first-order valence-electron chi connectivity index (χ1n) is 4.18. The summed E-state index contributed by atoms with van der Waals surface area (Å²) in [6.07, 6.45) is -4.93. The Bertz CT molecular complexity index is 353. The summed E-state index contributed by atoms with van der Waals surface area (Å²) in [7, 11) is 0. The van der Waals surface area contributed by atoms with Crippen LogP contribution in [-0.2, 0) is 9.63 Å². The molecule has 1 unspecified atom stereocenters. The standard InChI is InChI=1S/C9H8F3NO3/c10-9(11,12)16-13-7(8(14)15)6-4-2-1-3-5-6/h1-5,7,13H,(H,14,15). The van der Waals surface area contributed by atoms with Crippen molar-refractivity contribution in [2.24, 2.45) is 0 Å². The number of carbonyl (C=O) groups is 1. The third-order valence-corrected chi connectivity index (χ3v) is 1.67. The molecule has 88 valence electrons. The van der Waals surface area contributed by atoms with E-state index < -0.39 is 18.4 Å². The van der Waals surface area contributed by atoms with Gasteiger partial charge in [-0.2, -0.15) is 5.48 Å². The number of aliphatic carboxylic acids is 1. The fraction of sp³-hybridized carbons (Fsp3) is 0.222. The van der Waals surface area contributed by atoms with Gasteiger partial charge in [-0.3, -0.25) is 4.79 Å². The van der Waals surface area contributed by atoms with Crippen LogP contribution < -0.4 is 5.48 Å². The van der Waals surface area contributed by atoms with Gasteiger partial charge in [0.1, 0.15) is 0 Å². The lowest BCUT2D eigenvalue weighted by atomic mass is 10.1. The molecule has 0 saturated carbocycles. The van der Waals surface area contributed by atoms with E-state index in [1.54, 1.807) is 6.07 Å². The monoisotopic (exact) mass is 235 g/mol. The first-order valence-corrected chi connectivity index (χ1v) is 4.18. The first-order chi connectivity index (χ1) is 7.40. The molecule has 7 heteroatoms. The number of halogens is 3. The maximum absolute atomic E-state index is 11.7. The van der Waals surface area contributed by atoms with Crippen LogP contribution in [0.15, 0.2) is 30.3 Å². The predicted molar refractivity (Wildman–Crippen MR) is 47.1 cm³/mol. The zero-order valence-electron chi connectivity index (χ0n) is 7.86. The molecule has 0 aliphatic rings. The van der Waals surface area contributed by atoms with E-state index in [9.17, 15) is 18.0 Å². The molecule has 4 nitrogen and oxygen atoms in total. The van der Waals surface area contributed by atoms with E-state index in [-0.39, 0.29) is 5.56 Å².